The van der Waals surface area contributed by atoms with Crippen molar-refractivity contribution in [2.24, 2.45) is 5.92 Å². The summed E-state index contributed by atoms with van der Waals surface area (Å²) < 4.78 is 9.69. The first-order valence-corrected chi connectivity index (χ1v) is 9.62. The highest BCUT2D eigenvalue weighted by molar-refractivity contribution is 7.71. The maximum Gasteiger partial charge on any atom is 0.314 e. The van der Waals surface area contributed by atoms with Crippen molar-refractivity contribution in [1.29, 1.82) is 0 Å². The number of ether oxygens (including phenoxy) is 1. The molecule has 0 amide bonds. The zero-order valence-corrected chi connectivity index (χ0v) is 16.5. The minimum atomic E-state index is -0.0749. The van der Waals surface area contributed by atoms with Crippen LogP contribution in [-0.4, -0.2) is 40.0 Å². The Morgan fingerprint density at radius 3 is 2.96 bits per heavy atom. The van der Waals surface area contributed by atoms with Crippen LogP contribution >= 0.6 is 12.2 Å². The molecule has 1 saturated heterocycles. The third-order valence-electron chi connectivity index (χ3n) is 4.96. The number of nitrogens with zero attached hydrogens (tertiary/aromatic N) is 3. The monoisotopic (exact) mass is 375 g/mol. The number of hydrogen-bond acceptors (Lipinski definition) is 4. The van der Waals surface area contributed by atoms with Crippen molar-refractivity contribution in [2.45, 2.75) is 40.3 Å². The smallest absolute Gasteiger partial charge is 0.314 e. The van der Waals surface area contributed by atoms with Crippen molar-refractivity contribution >= 4 is 18.2 Å². The molecule has 0 aliphatic carbocycles. The van der Waals surface area contributed by atoms with Gasteiger partial charge in [0.05, 0.1) is 25.4 Å². The molecule has 2 atom stereocenters. The van der Waals surface area contributed by atoms with Gasteiger partial charge in [0, 0.05) is 0 Å². The summed E-state index contributed by atoms with van der Waals surface area (Å²) in [5, 5.41) is 4.49. The lowest BCUT2D eigenvalue weighted by atomic mass is 9.99. The number of quaternary nitrogens is 1. The Labute approximate surface area is 159 Å². The summed E-state index contributed by atoms with van der Waals surface area (Å²) in [6.45, 7) is 8.93. The van der Waals surface area contributed by atoms with E-state index in [0.717, 1.165) is 31.6 Å². The number of likely N-dealkylation sites (tertiary alicyclic amines) is 1. The average molecular weight is 376 g/mol. The predicted octanol–water partition coefficient (Wildman–Crippen LogP) is 1.84. The van der Waals surface area contributed by atoms with Crippen molar-refractivity contribution < 1.29 is 14.4 Å². The largest absolute Gasteiger partial charge is 0.466 e. The minimum Gasteiger partial charge on any atom is -0.466 e. The molecule has 0 saturated carbocycles. The molecule has 2 heterocycles. The lowest BCUT2D eigenvalue weighted by molar-refractivity contribution is -0.930. The summed E-state index contributed by atoms with van der Waals surface area (Å²) in [5.74, 6) is -0.0941. The van der Waals surface area contributed by atoms with Crippen molar-refractivity contribution in [2.75, 3.05) is 19.7 Å². The van der Waals surface area contributed by atoms with Crippen molar-refractivity contribution in [1.82, 2.24) is 14.3 Å². The molecule has 1 aliphatic heterocycles. The second kappa shape index (κ2) is 8.14. The Hall–Kier alpha value is -1.99. The van der Waals surface area contributed by atoms with Gasteiger partial charge >= 0.3 is 5.97 Å². The van der Waals surface area contributed by atoms with E-state index < -0.39 is 0 Å². The van der Waals surface area contributed by atoms with Gasteiger partial charge in [-0.2, -0.15) is 9.78 Å². The fourth-order valence-corrected chi connectivity index (χ4v) is 3.91. The number of nitrogens with one attached hydrogen (secondary N) is 1. The van der Waals surface area contributed by atoms with Crippen LogP contribution in [0.25, 0.3) is 5.69 Å². The molecule has 2 aromatic rings. The summed E-state index contributed by atoms with van der Waals surface area (Å²) in [7, 11) is 0. The molecular formula is C19H27N4O2S+. The molecule has 0 spiro atoms. The second-order valence-electron chi connectivity index (χ2n) is 7.03. The predicted molar refractivity (Wildman–Crippen MR) is 102 cm³/mol. The third kappa shape index (κ3) is 4.04. The van der Waals surface area contributed by atoms with E-state index in [1.54, 1.807) is 6.33 Å². The number of piperidine rings is 1. The molecule has 1 N–H and O–H groups in total. The molecule has 1 aromatic carbocycles. The van der Waals surface area contributed by atoms with Gasteiger partial charge in [-0.15, -0.1) is 0 Å². The summed E-state index contributed by atoms with van der Waals surface area (Å²) >= 11 is 5.65. The molecule has 26 heavy (non-hydrogen) atoms. The zero-order valence-electron chi connectivity index (χ0n) is 15.7. The lowest BCUT2D eigenvalue weighted by Gasteiger charge is -2.28. The average Bonchev–Trinajstić information content (AvgIpc) is 2.96. The van der Waals surface area contributed by atoms with Crippen molar-refractivity contribution in [3.8, 4) is 5.69 Å². The fourth-order valence-electron chi connectivity index (χ4n) is 3.65. The summed E-state index contributed by atoms with van der Waals surface area (Å²) in [4.78, 5) is 13.4. The molecule has 140 valence electrons. The second-order valence-corrected chi connectivity index (χ2v) is 7.39. The highest BCUT2D eigenvalue weighted by Gasteiger charge is 2.30. The highest BCUT2D eigenvalue weighted by Crippen LogP contribution is 2.16. The Balaban J connectivity index is 1.74. The molecule has 7 heteroatoms. The fraction of sp³-hybridized carbons (Fsp3) is 0.526. The van der Waals surface area contributed by atoms with Crippen molar-refractivity contribution in [3.05, 3.63) is 40.4 Å². The van der Waals surface area contributed by atoms with Crippen LogP contribution in [0.1, 0.15) is 30.9 Å². The zero-order chi connectivity index (χ0) is 18.7. The van der Waals surface area contributed by atoms with Crippen molar-refractivity contribution in [3.63, 3.8) is 0 Å². The van der Waals surface area contributed by atoms with E-state index >= 15 is 0 Å². The number of esters is 1. The topological polar surface area (TPSA) is 53.5 Å². The summed E-state index contributed by atoms with van der Waals surface area (Å²) in [5.41, 5.74) is 3.46. The van der Waals surface area contributed by atoms with Gasteiger partial charge in [0.1, 0.15) is 12.2 Å². The van der Waals surface area contributed by atoms with Crippen LogP contribution in [0.2, 0.25) is 0 Å². The molecule has 0 radical (unpaired) electrons. The van der Waals surface area contributed by atoms with Crippen LogP contribution < -0.4 is 4.90 Å². The van der Waals surface area contributed by atoms with E-state index in [4.69, 9.17) is 17.0 Å². The number of carbonyl (C=O) groups is 1. The maximum absolute atomic E-state index is 12.0. The van der Waals surface area contributed by atoms with Gasteiger partial charge in [-0.3, -0.25) is 9.36 Å². The van der Waals surface area contributed by atoms with Gasteiger partial charge in [-0.1, -0.05) is 17.7 Å². The number of aryl methyl sites for hydroxylation is 2. The van der Waals surface area contributed by atoms with Gasteiger partial charge in [0.15, 0.2) is 6.67 Å². The summed E-state index contributed by atoms with van der Waals surface area (Å²) in [6.07, 6.45) is 3.71. The Morgan fingerprint density at radius 2 is 2.23 bits per heavy atom. The maximum atomic E-state index is 12.0. The first-order chi connectivity index (χ1) is 12.5. The number of hydrogen-bond donors (Lipinski definition) is 1. The molecule has 1 aromatic heterocycles. The first-order valence-electron chi connectivity index (χ1n) is 9.22. The quantitative estimate of drug-likeness (QED) is 0.640. The van der Waals surface area contributed by atoms with E-state index in [1.165, 1.54) is 16.0 Å². The normalized spacial score (nSPS) is 20.1. The van der Waals surface area contributed by atoms with Crippen LogP contribution in [-0.2, 0) is 16.2 Å². The summed E-state index contributed by atoms with van der Waals surface area (Å²) in [6, 6.07) is 6.31. The number of rotatable bonds is 5. The van der Waals surface area contributed by atoms with E-state index in [-0.39, 0.29) is 11.9 Å². The van der Waals surface area contributed by atoms with Crippen LogP contribution in [0, 0.1) is 24.5 Å². The van der Waals surface area contributed by atoms with Gasteiger partial charge in [-0.25, -0.2) is 0 Å². The number of carbonyl (C=O) groups excluding carboxylic acids is 1. The molecule has 1 fully saturated rings. The van der Waals surface area contributed by atoms with Gasteiger partial charge < -0.3 is 9.64 Å². The lowest BCUT2D eigenvalue weighted by Crippen LogP contribution is -3.13. The third-order valence-corrected chi connectivity index (χ3v) is 5.36. The molecule has 6 nitrogen and oxygen atoms in total. The van der Waals surface area contributed by atoms with Crippen LogP contribution in [0.3, 0.4) is 0 Å². The van der Waals surface area contributed by atoms with Crippen LogP contribution in [0.15, 0.2) is 24.5 Å². The number of aromatic nitrogens is 3. The van der Waals surface area contributed by atoms with Gasteiger partial charge in [-0.05, 0) is 57.5 Å². The number of benzene rings is 1. The molecule has 1 unspecified atom stereocenters. The Kier molecular flexibility index (Phi) is 5.88. The van der Waals surface area contributed by atoms with Crippen LogP contribution in [0.4, 0.5) is 0 Å². The van der Waals surface area contributed by atoms with E-state index in [1.807, 2.05) is 16.2 Å². The molecular weight excluding hydrogens is 348 g/mol. The first kappa shape index (κ1) is 18.8. The molecule has 1 aliphatic rings. The van der Waals surface area contributed by atoms with Gasteiger partial charge in [0.25, 0.3) is 0 Å². The van der Waals surface area contributed by atoms with E-state index in [2.05, 4.69) is 37.1 Å². The molecule has 3 rings (SSSR count). The molecule has 0 bridgehead atoms. The standard InChI is InChI=1S/C19H26N4O2S/c1-4-25-18(24)16-6-5-9-21(11-16)13-23-19(26)22(12-20-23)17-8-7-14(2)10-15(17)3/h7-8,10,12,16H,4-6,9,11,13H2,1-3H3/p+1/t16-/m1/s1. The van der Waals surface area contributed by atoms with E-state index in [9.17, 15) is 4.79 Å². The van der Waals surface area contributed by atoms with Gasteiger partial charge in [0.2, 0.25) is 4.77 Å². The van der Waals surface area contributed by atoms with Crippen LogP contribution in [0.5, 0.6) is 0 Å². The Morgan fingerprint density at radius 1 is 1.42 bits per heavy atom. The SMILES string of the molecule is CCOC(=O)[C@@H]1CCC[NH+](Cn2ncn(-c3ccc(C)cc3C)c2=S)C1. The minimum absolute atomic E-state index is 0.0192. The Bertz CT molecular complexity index is 842. The highest BCUT2D eigenvalue weighted by atomic mass is 32.1. The van der Waals surface area contributed by atoms with E-state index in [0.29, 0.717) is 18.0 Å².